The number of hydrogen-bond acceptors (Lipinski definition) is 22. The van der Waals surface area contributed by atoms with E-state index in [1.807, 2.05) is 0 Å². The van der Waals surface area contributed by atoms with Crippen LogP contribution in [0.2, 0.25) is 0 Å². The Bertz CT molecular complexity index is 4000. The first-order valence-electron chi connectivity index (χ1n) is 21.3. The summed E-state index contributed by atoms with van der Waals surface area (Å²) < 4.78 is 199. The molecule has 75 heavy (non-hydrogen) atoms. The number of hydrogen-bond donors (Lipinski definition) is 5. The summed E-state index contributed by atoms with van der Waals surface area (Å²) in [5.74, 6) is -5.83. The quantitative estimate of drug-likeness (QED) is 0.0392. The normalized spacial score (nSPS) is 12.4. The molecule has 0 atom stereocenters. The predicted octanol–water partition coefficient (Wildman–Crippen LogP) is 4.35. The lowest BCUT2D eigenvalue weighted by molar-refractivity contribution is 0.302. The van der Waals surface area contributed by atoms with Crippen LogP contribution < -0.4 is 36.6 Å². The monoisotopic (exact) mass is 1150 g/mol. The van der Waals surface area contributed by atoms with Crippen molar-refractivity contribution in [2.24, 2.45) is 0 Å². The molecule has 0 aliphatic carbocycles. The third kappa shape index (κ3) is 15.6. The molecule has 29 nitrogen and oxygen atoms in total. The fourth-order valence-electron chi connectivity index (χ4n) is 7.38. The first-order chi connectivity index (χ1) is 35.1. The van der Waals surface area contributed by atoms with Crippen LogP contribution in [-0.4, -0.2) is 89.4 Å². The molecule has 7 aromatic rings. The van der Waals surface area contributed by atoms with E-state index in [1.54, 1.807) is 28.8 Å². The molecular formula is C41H39N5O24S5. The smallest absolute Gasteiger partial charge is 0.446 e. The summed E-state index contributed by atoms with van der Waals surface area (Å²) in [6.07, 6.45) is 6.93. The Morgan fingerprint density at radius 3 is 1.77 bits per heavy atom. The van der Waals surface area contributed by atoms with Crippen molar-refractivity contribution >= 4 is 73.9 Å². The van der Waals surface area contributed by atoms with Crippen molar-refractivity contribution in [3.8, 4) is 57.2 Å². The lowest BCUT2D eigenvalue weighted by atomic mass is 10.1. The highest BCUT2D eigenvalue weighted by Gasteiger charge is 2.28. The Morgan fingerprint density at radius 1 is 0.560 bits per heavy atom. The highest BCUT2D eigenvalue weighted by Crippen LogP contribution is 2.41. The van der Waals surface area contributed by atoms with Crippen LogP contribution >= 0.6 is 0 Å². The van der Waals surface area contributed by atoms with E-state index in [0.29, 0.717) is 66.4 Å². The summed E-state index contributed by atoms with van der Waals surface area (Å²) in [6, 6.07) is 15.9. The zero-order chi connectivity index (χ0) is 54.5. The molecule has 5 N–H and O–H groups in total. The standard InChI is InChI=1S/C41H39N5O24S5/c47-37-36-34(21-29(67-72(52,53)54)22-35(36)65-38(39(37)70-75(61,62)63)26-14-17-32(68-73(55,56)57)33(20-26)69-74(58,59)60)64-24-27-23-45(44-43-27)18-8-4-2-1-3-5-9-19-46-40(42-31-11-7-6-10-30(31)41(46)48)25-12-15-28(16-13-25)66-71(49,50)51/h6-7,10-17,20-23H,1-5,8-9,18-19,24H2,(H,49,50,51)(H,52,53,54)(H,55,56,57)(H,58,59,60)(H,61,62,63). The van der Waals surface area contributed by atoms with Gasteiger partial charge in [0.05, 0.1) is 17.1 Å². The van der Waals surface area contributed by atoms with Gasteiger partial charge in [0.1, 0.15) is 40.6 Å². The second-order valence-corrected chi connectivity index (χ2v) is 20.9. The molecule has 402 valence electrons. The molecule has 34 heteroatoms. The van der Waals surface area contributed by atoms with Gasteiger partial charge in [-0.25, -0.2) is 4.98 Å². The third-order valence-electron chi connectivity index (χ3n) is 10.3. The Hall–Kier alpha value is -7.28. The van der Waals surface area contributed by atoms with Gasteiger partial charge in [-0.2, -0.15) is 42.1 Å². The zero-order valence-corrected chi connectivity index (χ0v) is 42.0. The van der Waals surface area contributed by atoms with Crippen molar-refractivity contribution in [3.63, 3.8) is 0 Å². The van der Waals surface area contributed by atoms with Crippen LogP contribution in [0.1, 0.15) is 50.6 Å². The van der Waals surface area contributed by atoms with Crippen LogP contribution in [-0.2, 0) is 71.7 Å². The molecule has 0 bridgehead atoms. The van der Waals surface area contributed by atoms with E-state index in [-0.39, 0.29) is 17.0 Å². The van der Waals surface area contributed by atoms with E-state index in [2.05, 4.69) is 31.2 Å². The van der Waals surface area contributed by atoms with Gasteiger partial charge in [-0.15, -0.1) is 5.10 Å². The molecule has 0 radical (unpaired) electrons. The number of para-hydroxylation sites is 1. The lowest BCUT2D eigenvalue weighted by Gasteiger charge is -2.14. The minimum absolute atomic E-state index is 0.128. The molecule has 3 heterocycles. The summed E-state index contributed by atoms with van der Waals surface area (Å²) in [6.45, 7) is 0.246. The van der Waals surface area contributed by atoms with Crippen molar-refractivity contribution in [3.05, 3.63) is 111 Å². The second kappa shape index (κ2) is 22.3. The number of aromatic nitrogens is 5. The number of rotatable bonds is 25. The Morgan fingerprint density at radius 2 is 1.13 bits per heavy atom. The Kier molecular flexibility index (Phi) is 16.5. The van der Waals surface area contributed by atoms with E-state index in [4.69, 9.17) is 23.2 Å². The topological polar surface area (TPSA) is 423 Å². The van der Waals surface area contributed by atoms with Gasteiger partial charge in [-0.05, 0) is 67.4 Å². The molecule has 0 saturated carbocycles. The van der Waals surface area contributed by atoms with E-state index >= 15 is 0 Å². The molecule has 0 aliphatic heterocycles. The molecule has 4 aromatic carbocycles. The van der Waals surface area contributed by atoms with Crippen molar-refractivity contribution in [1.82, 2.24) is 24.5 Å². The second-order valence-electron chi connectivity index (χ2n) is 15.8. The average Bonchev–Trinajstić information content (AvgIpc) is 3.75. The van der Waals surface area contributed by atoms with Crippen LogP contribution in [0.4, 0.5) is 0 Å². The molecule has 3 aromatic heterocycles. The summed E-state index contributed by atoms with van der Waals surface area (Å²) in [7, 11) is -26.5. The Labute approximate surface area is 424 Å². The zero-order valence-electron chi connectivity index (χ0n) is 37.9. The van der Waals surface area contributed by atoms with Gasteiger partial charge in [-0.3, -0.25) is 41.6 Å². The maximum atomic E-state index is 14.0. The summed E-state index contributed by atoms with van der Waals surface area (Å²) in [5.41, 5.74) is -1.92. The maximum absolute atomic E-state index is 14.0. The van der Waals surface area contributed by atoms with Gasteiger partial charge >= 0.3 is 52.0 Å². The van der Waals surface area contributed by atoms with Crippen molar-refractivity contribution < 1.29 is 94.9 Å². The SMILES string of the molecule is O=c1c(OS(=O)(=O)O)c(-c2ccc(OS(=O)(=O)O)c(OS(=O)(=O)O)c2)oc2cc(OS(=O)(=O)O)cc(OCc3cn(CCCCCCCCCn4c(-c5ccc(OS(=O)(=O)O)cc5)nc5ccccc5c4=O)nn3)c12. The van der Waals surface area contributed by atoms with E-state index in [9.17, 15) is 65.3 Å². The number of nitrogens with zero attached hydrogens (tertiary/aromatic N) is 5. The molecule has 0 aliphatic rings. The maximum Gasteiger partial charge on any atom is 0.446 e. The van der Waals surface area contributed by atoms with Crippen molar-refractivity contribution in [2.45, 2.75) is 64.6 Å². The number of unbranched alkanes of at least 4 members (excludes halogenated alkanes) is 6. The molecule has 0 amide bonds. The highest BCUT2D eigenvalue weighted by atomic mass is 32.3. The van der Waals surface area contributed by atoms with Gasteiger partial charge in [0.15, 0.2) is 23.0 Å². The van der Waals surface area contributed by atoms with Crippen LogP contribution in [0.5, 0.6) is 34.5 Å². The van der Waals surface area contributed by atoms with Gasteiger partial charge in [0.2, 0.25) is 11.2 Å². The van der Waals surface area contributed by atoms with Gasteiger partial charge < -0.3 is 30.1 Å². The molecule has 0 spiro atoms. The molecule has 7 rings (SSSR count). The van der Waals surface area contributed by atoms with E-state index in [1.165, 1.54) is 35.1 Å². The van der Waals surface area contributed by atoms with Crippen LogP contribution in [0.3, 0.4) is 0 Å². The third-order valence-corrected chi connectivity index (χ3v) is 12.2. The number of fused-ring (bicyclic) bond motifs is 2. The minimum Gasteiger partial charge on any atom is -0.486 e. The average molecular weight is 1150 g/mol. The van der Waals surface area contributed by atoms with Crippen molar-refractivity contribution in [2.75, 3.05) is 0 Å². The fourth-order valence-corrected chi connectivity index (χ4v) is 9.16. The first kappa shape index (κ1) is 55.5. The molecular weight excluding hydrogens is 1110 g/mol. The molecule has 0 fully saturated rings. The summed E-state index contributed by atoms with van der Waals surface area (Å²) >= 11 is 0. The number of benzene rings is 4. The van der Waals surface area contributed by atoms with Gasteiger partial charge in [0.25, 0.3) is 5.56 Å². The fraction of sp³-hybridized carbons (Fsp3) is 0.244. The first-order valence-corrected chi connectivity index (χ1v) is 28.2. The van der Waals surface area contributed by atoms with Crippen LogP contribution in [0.25, 0.3) is 44.6 Å². The van der Waals surface area contributed by atoms with Crippen molar-refractivity contribution in [1.29, 1.82) is 0 Å². The largest absolute Gasteiger partial charge is 0.486 e. The van der Waals surface area contributed by atoms with Crippen LogP contribution in [0.15, 0.2) is 99.1 Å². The summed E-state index contributed by atoms with van der Waals surface area (Å²) in [5, 5.41) is 7.79. The molecule has 0 unspecified atom stereocenters. The van der Waals surface area contributed by atoms with E-state index < -0.39 is 115 Å². The molecule has 0 saturated heterocycles. The lowest BCUT2D eigenvalue weighted by Crippen LogP contribution is -2.23. The highest BCUT2D eigenvalue weighted by molar-refractivity contribution is 7.82. The summed E-state index contributed by atoms with van der Waals surface area (Å²) in [4.78, 5) is 32.3. The van der Waals surface area contributed by atoms with Gasteiger partial charge in [-0.1, -0.05) is 49.5 Å². The minimum atomic E-state index is -5.61. The number of ether oxygens (including phenoxy) is 1. The predicted molar refractivity (Wildman–Crippen MR) is 257 cm³/mol. The Balaban J connectivity index is 1.000. The number of aryl methyl sites for hydroxylation is 1. The van der Waals surface area contributed by atoms with Gasteiger partial charge in [0, 0.05) is 36.3 Å². The van der Waals surface area contributed by atoms with E-state index in [0.717, 1.165) is 44.2 Å². The van der Waals surface area contributed by atoms with Crippen LogP contribution in [0, 0.1) is 0 Å².